The Kier molecular flexibility index (Phi) is 5.95. The summed E-state index contributed by atoms with van der Waals surface area (Å²) in [6.07, 6.45) is 0. The highest BCUT2D eigenvalue weighted by atomic mass is 127. The second kappa shape index (κ2) is 7.74. The van der Waals surface area contributed by atoms with Crippen molar-refractivity contribution in [2.24, 2.45) is 0 Å². The van der Waals surface area contributed by atoms with E-state index >= 15 is 0 Å². The van der Waals surface area contributed by atoms with Crippen molar-refractivity contribution in [3.05, 3.63) is 44.5 Å². The van der Waals surface area contributed by atoms with Crippen molar-refractivity contribution in [2.45, 2.75) is 0 Å². The van der Waals surface area contributed by atoms with Crippen LogP contribution in [-0.2, 0) is 0 Å². The highest BCUT2D eigenvalue weighted by molar-refractivity contribution is 14.1. The molecule has 0 spiro atoms. The second-order valence-electron chi connectivity index (χ2n) is 4.49. The standard InChI is InChI=1S/C16H15ClINO4/c1-21-9-4-5-13(15(6-9)23-3)19-16(20)10-7-11(17)12(18)8-14(10)22-2/h4-8H,1-3H3,(H,19,20). The minimum Gasteiger partial charge on any atom is -0.497 e. The number of carbonyl (C=O) groups is 1. The Morgan fingerprint density at radius 1 is 1.04 bits per heavy atom. The Morgan fingerprint density at radius 3 is 2.35 bits per heavy atom. The average molecular weight is 448 g/mol. The predicted octanol–water partition coefficient (Wildman–Crippen LogP) is 4.22. The van der Waals surface area contributed by atoms with Gasteiger partial charge in [0.25, 0.3) is 5.91 Å². The van der Waals surface area contributed by atoms with E-state index in [1.54, 1.807) is 37.4 Å². The van der Waals surface area contributed by atoms with Gasteiger partial charge in [0, 0.05) is 9.64 Å². The Balaban J connectivity index is 2.34. The molecule has 0 fully saturated rings. The molecule has 0 saturated heterocycles. The van der Waals surface area contributed by atoms with Crippen LogP contribution in [0.25, 0.3) is 0 Å². The first kappa shape index (κ1) is 17.7. The molecule has 0 saturated carbocycles. The summed E-state index contributed by atoms with van der Waals surface area (Å²) in [5.74, 6) is 1.23. The normalized spacial score (nSPS) is 10.1. The lowest BCUT2D eigenvalue weighted by atomic mass is 10.1. The van der Waals surface area contributed by atoms with Gasteiger partial charge in [0.2, 0.25) is 0 Å². The number of hydrogen-bond acceptors (Lipinski definition) is 4. The van der Waals surface area contributed by atoms with E-state index in [1.165, 1.54) is 14.2 Å². The van der Waals surface area contributed by atoms with E-state index in [9.17, 15) is 4.79 Å². The summed E-state index contributed by atoms with van der Waals surface area (Å²) < 4.78 is 16.5. The lowest BCUT2D eigenvalue weighted by molar-refractivity contribution is 0.102. The van der Waals surface area contributed by atoms with Gasteiger partial charge < -0.3 is 19.5 Å². The van der Waals surface area contributed by atoms with Gasteiger partial charge in [0.05, 0.1) is 37.6 Å². The van der Waals surface area contributed by atoms with Gasteiger partial charge in [-0.25, -0.2) is 0 Å². The van der Waals surface area contributed by atoms with Gasteiger partial charge in [-0.15, -0.1) is 0 Å². The molecule has 2 aromatic rings. The lowest BCUT2D eigenvalue weighted by Gasteiger charge is -2.14. The smallest absolute Gasteiger partial charge is 0.259 e. The maximum atomic E-state index is 12.5. The van der Waals surface area contributed by atoms with Crippen molar-refractivity contribution >= 4 is 45.8 Å². The van der Waals surface area contributed by atoms with Crippen LogP contribution in [0.5, 0.6) is 17.2 Å². The monoisotopic (exact) mass is 447 g/mol. The van der Waals surface area contributed by atoms with Crippen LogP contribution < -0.4 is 19.5 Å². The van der Waals surface area contributed by atoms with Crippen molar-refractivity contribution in [3.8, 4) is 17.2 Å². The number of benzene rings is 2. The predicted molar refractivity (Wildman–Crippen MR) is 98.2 cm³/mol. The Bertz CT molecular complexity index is 736. The molecule has 2 rings (SSSR count). The SMILES string of the molecule is COc1ccc(NC(=O)c2cc(Cl)c(I)cc2OC)c(OC)c1. The van der Waals surface area contributed by atoms with Gasteiger partial charge in [0.1, 0.15) is 17.2 Å². The van der Waals surface area contributed by atoms with E-state index < -0.39 is 0 Å². The van der Waals surface area contributed by atoms with Crippen LogP contribution in [-0.4, -0.2) is 27.2 Å². The van der Waals surface area contributed by atoms with Crippen molar-refractivity contribution in [3.63, 3.8) is 0 Å². The van der Waals surface area contributed by atoms with Crippen LogP contribution >= 0.6 is 34.2 Å². The van der Waals surface area contributed by atoms with Crippen LogP contribution in [0.3, 0.4) is 0 Å². The maximum absolute atomic E-state index is 12.5. The first-order valence-electron chi connectivity index (χ1n) is 6.56. The molecule has 2 aromatic carbocycles. The number of hydrogen-bond donors (Lipinski definition) is 1. The van der Waals surface area contributed by atoms with E-state index in [1.807, 2.05) is 0 Å². The molecule has 0 unspecified atom stereocenters. The van der Waals surface area contributed by atoms with Crippen LogP contribution in [0.4, 0.5) is 5.69 Å². The van der Waals surface area contributed by atoms with E-state index in [2.05, 4.69) is 27.9 Å². The van der Waals surface area contributed by atoms with Crippen molar-refractivity contribution < 1.29 is 19.0 Å². The van der Waals surface area contributed by atoms with Gasteiger partial charge in [-0.05, 0) is 46.9 Å². The molecule has 1 amide bonds. The summed E-state index contributed by atoms with van der Waals surface area (Å²) >= 11 is 8.18. The Labute approximate surface area is 153 Å². The number of ether oxygens (including phenoxy) is 3. The van der Waals surface area contributed by atoms with Gasteiger partial charge in [-0.3, -0.25) is 4.79 Å². The third-order valence-electron chi connectivity index (χ3n) is 3.14. The molecule has 5 nitrogen and oxygen atoms in total. The molecule has 1 N–H and O–H groups in total. The average Bonchev–Trinajstić information content (AvgIpc) is 2.57. The molecule has 0 heterocycles. The number of methoxy groups -OCH3 is 3. The van der Waals surface area contributed by atoms with Crippen LogP contribution in [0.2, 0.25) is 5.02 Å². The number of halogens is 2. The lowest BCUT2D eigenvalue weighted by Crippen LogP contribution is -2.14. The minimum absolute atomic E-state index is 0.343. The summed E-state index contributed by atoms with van der Waals surface area (Å²) in [6.45, 7) is 0. The molecule has 122 valence electrons. The first-order chi connectivity index (χ1) is 11.0. The molecule has 23 heavy (non-hydrogen) atoms. The fraction of sp³-hybridized carbons (Fsp3) is 0.188. The number of carbonyl (C=O) groups excluding carboxylic acids is 1. The van der Waals surface area contributed by atoms with Crippen LogP contribution in [0, 0.1) is 3.57 Å². The van der Waals surface area contributed by atoms with Crippen LogP contribution in [0.1, 0.15) is 10.4 Å². The summed E-state index contributed by atoms with van der Waals surface area (Å²) in [6, 6.07) is 8.41. The van der Waals surface area contributed by atoms with Gasteiger partial charge in [0.15, 0.2) is 0 Å². The molecular weight excluding hydrogens is 433 g/mol. The fourth-order valence-corrected chi connectivity index (χ4v) is 2.57. The zero-order chi connectivity index (χ0) is 17.0. The van der Waals surface area contributed by atoms with Gasteiger partial charge >= 0.3 is 0 Å². The maximum Gasteiger partial charge on any atom is 0.259 e. The molecular formula is C16H15ClINO4. The minimum atomic E-state index is -0.344. The zero-order valence-electron chi connectivity index (χ0n) is 12.8. The Morgan fingerprint density at radius 2 is 1.74 bits per heavy atom. The quantitative estimate of drug-likeness (QED) is 0.697. The molecule has 7 heteroatoms. The van der Waals surface area contributed by atoms with Crippen molar-refractivity contribution in [2.75, 3.05) is 26.6 Å². The number of anilines is 1. The number of nitrogens with one attached hydrogen (secondary N) is 1. The van der Waals surface area contributed by atoms with E-state index in [0.717, 1.165) is 3.57 Å². The third-order valence-corrected chi connectivity index (χ3v) is 4.67. The highest BCUT2D eigenvalue weighted by Gasteiger charge is 2.17. The first-order valence-corrected chi connectivity index (χ1v) is 8.02. The van der Waals surface area contributed by atoms with Gasteiger partial charge in [-0.1, -0.05) is 11.6 Å². The topological polar surface area (TPSA) is 56.8 Å². The second-order valence-corrected chi connectivity index (χ2v) is 6.06. The molecule has 0 aliphatic rings. The molecule has 0 radical (unpaired) electrons. The van der Waals surface area contributed by atoms with E-state index in [4.69, 9.17) is 25.8 Å². The molecule has 0 aliphatic heterocycles. The Hall–Kier alpha value is -1.67. The summed E-state index contributed by atoms with van der Waals surface area (Å²) in [4.78, 5) is 12.5. The van der Waals surface area contributed by atoms with Gasteiger partial charge in [-0.2, -0.15) is 0 Å². The summed E-state index contributed by atoms with van der Waals surface area (Å²) in [5.41, 5.74) is 0.866. The molecule has 0 atom stereocenters. The van der Waals surface area contributed by atoms with Crippen molar-refractivity contribution in [1.29, 1.82) is 0 Å². The third kappa shape index (κ3) is 4.00. The highest BCUT2D eigenvalue weighted by Crippen LogP contribution is 2.32. The van der Waals surface area contributed by atoms with Crippen molar-refractivity contribution in [1.82, 2.24) is 0 Å². The summed E-state index contributed by atoms with van der Waals surface area (Å²) in [5, 5.41) is 3.27. The number of rotatable bonds is 5. The fourth-order valence-electron chi connectivity index (χ4n) is 1.97. The number of amides is 1. The molecule has 0 aliphatic carbocycles. The summed E-state index contributed by atoms with van der Waals surface area (Å²) in [7, 11) is 4.59. The molecule has 0 aromatic heterocycles. The van der Waals surface area contributed by atoms with E-state index in [0.29, 0.717) is 33.5 Å². The zero-order valence-corrected chi connectivity index (χ0v) is 15.7. The largest absolute Gasteiger partial charge is 0.497 e. The van der Waals surface area contributed by atoms with Crippen LogP contribution in [0.15, 0.2) is 30.3 Å². The molecule has 0 bridgehead atoms. The van der Waals surface area contributed by atoms with E-state index in [-0.39, 0.29) is 5.91 Å².